The van der Waals surface area contributed by atoms with Gasteiger partial charge in [0, 0.05) is 19.1 Å². The first kappa shape index (κ1) is 19.9. The summed E-state index contributed by atoms with van der Waals surface area (Å²) >= 11 is 0. The van der Waals surface area contributed by atoms with Gasteiger partial charge in [-0.1, -0.05) is 48.0 Å². The van der Waals surface area contributed by atoms with Crippen LogP contribution in [0.25, 0.3) is 0 Å². The van der Waals surface area contributed by atoms with Gasteiger partial charge in [0.25, 0.3) is 0 Å². The second-order valence-corrected chi connectivity index (χ2v) is 7.98. The minimum atomic E-state index is 0.392. The fourth-order valence-electron chi connectivity index (χ4n) is 3.11. The molecule has 0 radical (unpaired) electrons. The smallest absolute Gasteiger partial charge is 0.00665 e. The molecule has 0 fully saturated rings. The standard InChI is InChI=1S/C18H40N2/c1-9-10-18(7,13-19-12-16(4)5)14-20(8)17(6)11-15(2)3/h15-17,19H,9-14H2,1-8H3. The lowest BCUT2D eigenvalue weighted by molar-refractivity contribution is 0.130. The highest BCUT2D eigenvalue weighted by Gasteiger charge is 2.26. The van der Waals surface area contributed by atoms with E-state index in [4.69, 9.17) is 0 Å². The second kappa shape index (κ2) is 9.78. The lowest BCUT2D eigenvalue weighted by Gasteiger charge is -2.37. The summed E-state index contributed by atoms with van der Waals surface area (Å²) in [5.74, 6) is 1.52. The Kier molecular flexibility index (Phi) is 9.74. The Morgan fingerprint density at radius 1 is 1.05 bits per heavy atom. The van der Waals surface area contributed by atoms with E-state index in [9.17, 15) is 0 Å². The Morgan fingerprint density at radius 3 is 2.10 bits per heavy atom. The van der Waals surface area contributed by atoms with Crippen molar-refractivity contribution in [3.05, 3.63) is 0 Å². The predicted octanol–water partition coefficient (Wildman–Crippen LogP) is 4.40. The van der Waals surface area contributed by atoms with Crippen molar-refractivity contribution in [1.82, 2.24) is 10.2 Å². The molecular weight excluding hydrogens is 244 g/mol. The van der Waals surface area contributed by atoms with Crippen molar-refractivity contribution in [2.24, 2.45) is 17.3 Å². The second-order valence-electron chi connectivity index (χ2n) is 7.98. The molecule has 0 heterocycles. The maximum atomic E-state index is 3.67. The van der Waals surface area contributed by atoms with Crippen LogP contribution >= 0.6 is 0 Å². The van der Waals surface area contributed by atoms with E-state index in [1.165, 1.54) is 25.8 Å². The minimum absolute atomic E-state index is 0.392. The molecule has 0 aliphatic rings. The van der Waals surface area contributed by atoms with Gasteiger partial charge in [0.15, 0.2) is 0 Å². The SMILES string of the molecule is CCCC(C)(CNCC(C)C)CN(C)C(C)CC(C)C. The van der Waals surface area contributed by atoms with Crippen molar-refractivity contribution in [2.75, 3.05) is 26.7 Å². The highest BCUT2D eigenvalue weighted by Crippen LogP contribution is 2.25. The van der Waals surface area contributed by atoms with Crippen molar-refractivity contribution < 1.29 is 0 Å². The molecule has 0 aliphatic carbocycles. The number of nitrogens with zero attached hydrogens (tertiary/aromatic N) is 1. The van der Waals surface area contributed by atoms with E-state index in [1.54, 1.807) is 0 Å². The summed E-state index contributed by atoms with van der Waals surface area (Å²) in [6, 6.07) is 0.677. The summed E-state index contributed by atoms with van der Waals surface area (Å²) in [5.41, 5.74) is 0.392. The van der Waals surface area contributed by atoms with Crippen LogP contribution in [0.5, 0.6) is 0 Å². The molecule has 0 amide bonds. The lowest BCUT2D eigenvalue weighted by atomic mass is 9.84. The van der Waals surface area contributed by atoms with Crippen LogP contribution in [-0.2, 0) is 0 Å². The molecule has 0 aromatic heterocycles. The summed E-state index contributed by atoms with van der Waals surface area (Å²) in [4.78, 5) is 2.56. The molecule has 0 aromatic carbocycles. The zero-order valence-corrected chi connectivity index (χ0v) is 15.4. The predicted molar refractivity (Wildman–Crippen MR) is 92.3 cm³/mol. The molecule has 122 valence electrons. The molecule has 20 heavy (non-hydrogen) atoms. The third-order valence-electron chi connectivity index (χ3n) is 4.15. The molecule has 0 bridgehead atoms. The molecule has 0 spiro atoms. The zero-order valence-electron chi connectivity index (χ0n) is 15.4. The Morgan fingerprint density at radius 2 is 1.65 bits per heavy atom. The molecule has 0 aliphatic heterocycles. The molecule has 2 nitrogen and oxygen atoms in total. The van der Waals surface area contributed by atoms with Gasteiger partial charge < -0.3 is 10.2 Å². The van der Waals surface area contributed by atoms with Crippen LogP contribution < -0.4 is 5.32 Å². The normalized spacial score (nSPS) is 16.9. The molecule has 2 atom stereocenters. The van der Waals surface area contributed by atoms with E-state index in [2.05, 4.69) is 65.7 Å². The summed E-state index contributed by atoms with van der Waals surface area (Å²) in [5, 5.41) is 3.67. The Labute approximate surface area is 128 Å². The summed E-state index contributed by atoms with van der Waals surface area (Å²) < 4.78 is 0. The molecule has 0 saturated carbocycles. The summed E-state index contributed by atoms with van der Waals surface area (Å²) in [6.45, 7) is 19.8. The molecule has 2 heteroatoms. The molecule has 0 saturated heterocycles. The molecule has 0 rings (SSSR count). The van der Waals surface area contributed by atoms with Gasteiger partial charge in [-0.25, -0.2) is 0 Å². The first-order valence-electron chi connectivity index (χ1n) is 8.61. The van der Waals surface area contributed by atoms with Gasteiger partial charge in [-0.15, -0.1) is 0 Å². The van der Waals surface area contributed by atoms with Gasteiger partial charge >= 0.3 is 0 Å². The number of hydrogen-bond donors (Lipinski definition) is 1. The van der Waals surface area contributed by atoms with E-state index >= 15 is 0 Å². The summed E-state index contributed by atoms with van der Waals surface area (Å²) in [6.07, 6.45) is 3.86. The maximum absolute atomic E-state index is 3.67. The third kappa shape index (κ3) is 8.97. The Bertz CT molecular complexity index is 238. The van der Waals surface area contributed by atoms with E-state index in [0.29, 0.717) is 11.5 Å². The average molecular weight is 285 g/mol. The number of hydrogen-bond acceptors (Lipinski definition) is 2. The van der Waals surface area contributed by atoms with Gasteiger partial charge in [0.1, 0.15) is 0 Å². The van der Waals surface area contributed by atoms with Gasteiger partial charge in [0.2, 0.25) is 0 Å². The van der Waals surface area contributed by atoms with Crippen LogP contribution in [0.1, 0.15) is 67.7 Å². The highest BCUT2D eigenvalue weighted by molar-refractivity contribution is 4.82. The summed E-state index contributed by atoms with van der Waals surface area (Å²) in [7, 11) is 2.30. The van der Waals surface area contributed by atoms with Gasteiger partial charge in [-0.3, -0.25) is 0 Å². The molecule has 0 aromatic rings. The van der Waals surface area contributed by atoms with Crippen molar-refractivity contribution in [3.63, 3.8) is 0 Å². The van der Waals surface area contributed by atoms with E-state index < -0.39 is 0 Å². The zero-order chi connectivity index (χ0) is 15.8. The first-order chi connectivity index (χ1) is 9.20. The molecule has 1 N–H and O–H groups in total. The van der Waals surface area contributed by atoms with Crippen molar-refractivity contribution in [1.29, 1.82) is 0 Å². The Hall–Kier alpha value is -0.0800. The van der Waals surface area contributed by atoms with E-state index in [1.807, 2.05) is 0 Å². The van der Waals surface area contributed by atoms with Crippen LogP contribution in [-0.4, -0.2) is 37.6 Å². The van der Waals surface area contributed by atoms with Crippen LogP contribution in [0.4, 0.5) is 0 Å². The monoisotopic (exact) mass is 284 g/mol. The lowest BCUT2D eigenvalue weighted by Crippen LogP contribution is -2.44. The van der Waals surface area contributed by atoms with Gasteiger partial charge in [-0.2, -0.15) is 0 Å². The van der Waals surface area contributed by atoms with E-state index in [-0.39, 0.29) is 0 Å². The van der Waals surface area contributed by atoms with Gasteiger partial charge in [-0.05, 0) is 50.6 Å². The minimum Gasteiger partial charge on any atom is -0.316 e. The first-order valence-corrected chi connectivity index (χ1v) is 8.61. The molecule has 2 unspecified atom stereocenters. The molecular formula is C18H40N2. The average Bonchev–Trinajstić information content (AvgIpc) is 2.27. The van der Waals surface area contributed by atoms with Crippen molar-refractivity contribution in [3.8, 4) is 0 Å². The highest BCUT2D eigenvalue weighted by atomic mass is 15.1. The maximum Gasteiger partial charge on any atom is 0.00665 e. The largest absolute Gasteiger partial charge is 0.316 e. The quantitative estimate of drug-likeness (QED) is 0.605. The van der Waals surface area contributed by atoms with Crippen LogP contribution in [0.15, 0.2) is 0 Å². The fraction of sp³-hybridized carbons (Fsp3) is 1.00. The number of nitrogens with one attached hydrogen (secondary N) is 1. The topological polar surface area (TPSA) is 15.3 Å². The van der Waals surface area contributed by atoms with Crippen LogP contribution in [0.3, 0.4) is 0 Å². The number of rotatable bonds is 11. The fourth-order valence-corrected chi connectivity index (χ4v) is 3.11. The van der Waals surface area contributed by atoms with Gasteiger partial charge in [0.05, 0.1) is 0 Å². The van der Waals surface area contributed by atoms with Crippen LogP contribution in [0, 0.1) is 17.3 Å². The van der Waals surface area contributed by atoms with Crippen molar-refractivity contribution >= 4 is 0 Å². The Balaban J connectivity index is 4.41. The van der Waals surface area contributed by atoms with E-state index in [0.717, 1.165) is 24.9 Å². The van der Waals surface area contributed by atoms with Crippen molar-refractivity contribution in [2.45, 2.75) is 73.8 Å². The van der Waals surface area contributed by atoms with Crippen LogP contribution in [0.2, 0.25) is 0 Å². The third-order valence-corrected chi connectivity index (χ3v) is 4.15.